The van der Waals surface area contributed by atoms with Gasteiger partial charge >= 0.3 is 0 Å². The smallest absolute Gasteiger partial charge is 0.252 e. The van der Waals surface area contributed by atoms with Crippen molar-refractivity contribution in [3.8, 4) is 0 Å². The average molecular weight is 249 g/mol. The van der Waals surface area contributed by atoms with E-state index in [4.69, 9.17) is 0 Å². The molecule has 0 N–H and O–H groups in total. The number of hydrogen-bond donors (Lipinski definition) is 0. The maximum Gasteiger partial charge on any atom is 0.252 e. The molecular formula is C13H15NO2S. The number of carbonyl (C=O) groups is 2. The molecule has 17 heavy (non-hydrogen) atoms. The molecular weight excluding hydrogens is 234 g/mol. The summed E-state index contributed by atoms with van der Waals surface area (Å²) in [6.45, 7) is 0. The predicted octanol–water partition coefficient (Wildman–Crippen LogP) is 2.05. The van der Waals surface area contributed by atoms with Crippen LogP contribution in [0.15, 0.2) is 36.4 Å². The zero-order chi connectivity index (χ0) is 12.7. The van der Waals surface area contributed by atoms with Gasteiger partial charge in [0.25, 0.3) is 5.91 Å². The predicted molar refractivity (Wildman–Crippen MR) is 71.6 cm³/mol. The third-order valence-corrected chi connectivity index (χ3v) is 2.73. The van der Waals surface area contributed by atoms with Crippen molar-refractivity contribution in [2.75, 3.05) is 19.1 Å². The van der Waals surface area contributed by atoms with Crippen molar-refractivity contribution in [3.63, 3.8) is 0 Å². The maximum absolute atomic E-state index is 11.6. The molecule has 0 aliphatic heterocycles. The van der Waals surface area contributed by atoms with Crippen LogP contribution in [0.4, 0.5) is 0 Å². The van der Waals surface area contributed by atoms with Crippen molar-refractivity contribution in [1.82, 2.24) is 4.90 Å². The van der Waals surface area contributed by atoms with Gasteiger partial charge in [-0.15, -0.1) is 0 Å². The van der Waals surface area contributed by atoms with Crippen molar-refractivity contribution >= 4 is 29.7 Å². The minimum Gasteiger partial charge on any atom is -0.281 e. The molecule has 1 rings (SSSR count). The second kappa shape index (κ2) is 6.91. The third kappa shape index (κ3) is 4.44. The van der Waals surface area contributed by atoms with Gasteiger partial charge in [0.05, 0.1) is 5.75 Å². The van der Waals surface area contributed by atoms with Gasteiger partial charge in [-0.05, 0) is 17.9 Å². The topological polar surface area (TPSA) is 37.4 Å². The van der Waals surface area contributed by atoms with Crippen LogP contribution in [0.25, 0.3) is 6.08 Å². The van der Waals surface area contributed by atoms with Gasteiger partial charge in [0.2, 0.25) is 5.91 Å². The fraction of sp³-hybridized carbons (Fsp3) is 0.231. The Morgan fingerprint density at radius 2 is 1.94 bits per heavy atom. The number of carbonyl (C=O) groups excluding carboxylic acids is 2. The highest BCUT2D eigenvalue weighted by atomic mass is 32.2. The highest BCUT2D eigenvalue weighted by molar-refractivity contribution is 7.99. The lowest BCUT2D eigenvalue weighted by Gasteiger charge is -2.11. The van der Waals surface area contributed by atoms with E-state index < -0.39 is 0 Å². The number of thioether (sulfide) groups is 1. The van der Waals surface area contributed by atoms with Crippen LogP contribution >= 0.6 is 11.8 Å². The molecule has 0 saturated heterocycles. The Morgan fingerprint density at radius 1 is 1.29 bits per heavy atom. The summed E-state index contributed by atoms with van der Waals surface area (Å²) in [5.74, 6) is -0.158. The molecule has 2 amide bonds. The van der Waals surface area contributed by atoms with E-state index in [0.717, 1.165) is 10.5 Å². The van der Waals surface area contributed by atoms with Gasteiger partial charge < -0.3 is 0 Å². The molecule has 0 fully saturated rings. The second-order valence-corrected chi connectivity index (χ2v) is 4.33. The van der Waals surface area contributed by atoms with Crippen LogP contribution in [0.1, 0.15) is 5.56 Å². The lowest BCUT2D eigenvalue weighted by Crippen LogP contribution is -2.33. The van der Waals surface area contributed by atoms with E-state index in [2.05, 4.69) is 0 Å². The molecule has 0 bridgehead atoms. The quantitative estimate of drug-likeness (QED) is 0.766. The summed E-state index contributed by atoms with van der Waals surface area (Å²) in [4.78, 5) is 24.2. The lowest BCUT2D eigenvalue weighted by atomic mass is 10.2. The van der Waals surface area contributed by atoms with Crippen LogP contribution in [0.3, 0.4) is 0 Å². The average Bonchev–Trinajstić information content (AvgIpc) is 2.36. The van der Waals surface area contributed by atoms with Crippen molar-refractivity contribution in [3.05, 3.63) is 42.0 Å². The SMILES string of the molecule is CSCC(=O)N(C)C(=O)/C=C/c1ccccc1. The Labute approximate surface area is 106 Å². The molecule has 0 radical (unpaired) electrons. The second-order valence-electron chi connectivity index (χ2n) is 3.47. The minimum atomic E-state index is -0.298. The number of rotatable bonds is 4. The first-order valence-corrected chi connectivity index (χ1v) is 6.57. The molecule has 4 heteroatoms. The van der Waals surface area contributed by atoms with E-state index in [1.54, 1.807) is 6.08 Å². The van der Waals surface area contributed by atoms with Crippen LogP contribution in [0.2, 0.25) is 0 Å². The molecule has 0 spiro atoms. The first-order valence-electron chi connectivity index (χ1n) is 5.17. The number of hydrogen-bond acceptors (Lipinski definition) is 3. The van der Waals surface area contributed by atoms with E-state index >= 15 is 0 Å². The Balaban J connectivity index is 2.60. The first kappa shape index (κ1) is 13.5. The zero-order valence-electron chi connectivity index (χ0n) is 9.92. The van der Waals surface area contributed by atoms with Crippen molar-refractivity contribution in [2.45, 2.75) is 0 Å². The van der Waals surface area contributed by atoms with Gasteiger partial charge in [0, 0.05) is 13.1 Å². The van der Waals surface area contributed by atoms with Crippen LogP contribution in [0.5, 0.6) is 0 Å². The largest absolute Gasteiger partial charge is 0.281 e. The fourth-order valence-corrected chi connectivity index (χ4v) is 1.63. The van der Waals surface area contributed by atoms with Gasteiger partial charge in [-0.3, -0.25) is 14.5 Å². The van der Waals surface area contributed by atoms with Crippen LogP contribution in [0, 0.1) is 0 Å². The molecule has 0 unspecified atom stereocenters. The number of imide groups is 1. The zero-order valence-corrected chi connectivity index (χ0v) is 10.7. The highest BCUT2D eigenvalue weighted by Crippen LogP contribution is 2.02. The number of nitrogens with zero attached hydrogens (tertiary/aromatic N) is 1. The summed E-state index contributed by atoms with van der Waals surface area (Å²) < 4.78 is 0. The normalized spacial score (nSPS) is 10.5. The molecule has 90 valence electrons. The summed E-state index contributed by atoms with van der Waals surface area (Å²) in [5, 5.41) is 0. The Bertz CT molecular complexity index is 415. The molecule has 0 aromatic heterocycles. The standard InChI is InChI=1S/C13H15NO2S/c1-14(13(16)10-17-2)12(15)9-8-11-6-4-3-5-7-11/h3-9H,10H2,1-2H3/b9-8+. The van der Waals surface area contributed by atoms with Gasteiger partial charge in [0.1, 0.15) is 0 Å². The Kier molecular flexibility index (Phi) is 5.49. The van der Waals surface area contributed by atoms with E-state index in [1.807, 2.05) is 36.6 Å². The summed E-state index contributed by atoms with van der Waals surface area (Å²) >= 11 is 1.40. The molecule has 3 nitrogen and oxygen atoms in total. The summed E-state index contributed by atoms with van der Waals surface area (Å²) in [6.07, 6.45) is 4.94. The third-order valence-electron chi connectivity index (χ3n) is 2.19. The molecule has 0 saturated carbocycles. The molecule has 1 aromatic carbocycles. The molecule has 0 atom stereocenters. The van der Waals surface area contributed by atoms with Crippen LogP contribution < -0.4 is 0 Å². The van der Waals surface area contributed by atoms with Crippen molar-refractivity contribution in [2.24, 2.45) is 0 Å². The van der Waals surface area contributed by atoms with E-state index in [-0.39, 0.29) is 11.8 Å². The van der Waals surface area contributed by atoms with Crippen molar-refractivity contribution in [1.29, 1.82) is 0 Å². The van der Waals surface area contributed by atoms with Gasteiger partial charge in [0.15, 0.2) is 0 Å². The number of likely N-dealkylation sites (N-methyl/N-ethyl adjacent to an activating group) is 1. The molecule has 0 heterocycles. The fourth-order valence-electron chi connectivity index (χ4n) is 1.19. The first-order chi connectivity index (χ1) is 8.15. The maximum atomic E-state index is 11.6. The van der Waals surface area contributed by atoms with Crippen molar-refractivity contribution < 1.29 is 9.59 Å². The number of benzene rings is 1. The highest BCUT2D eigenvalue weighted by Gasteiger charge is 2.12. The van der Waals surface area contributed by atoms with Gasteiger partial charge in [-0.2, -0.15) is 11.8 Å². The lowest BCUT2D eigenvalue weighted by molar-refractivity contribution is -0.138. The summed E-state index contributed by atoms with van der Waals surface area (Å²) in [7, 11) is 1.50. The monoisotopic (exact) mass is 249 g/mol. The Hall–Kier alpha value is -1.55. The van der Waals surface area contributed by atoms with Gasteiger partial charge in [-0.1, -0.05) is 30.3 Å². The van der Waals surface area contributed by atoms with Crippen LogP contribution in [-0.2, 0) is 9.59 Å². The van der Waals surface area contributed by atoms with E-state index in [0.29, 0.717) is 5.75 Å². The summed E-state index contributed by atoms with van der Waals surface area (Å²) in [5.41, 5.74) is 0.937. The minimum absolute atomic E-state index is 0.180. The van der Waals surface area contributed by atoms with Crippen LogP contribution in [-0.4, -0.2) is 35.8 Å². The number of amides is 2. The van der Waals surface area contributed by atoms with Gasteiger partial charge in [-0.25, -0.2) is 0 Å². The summed E-state index contributed by atoms with van der Waals surface area (Å²) in [6, 6.07) is 9.49. The van der Waals surface area contributed by atoms with E-state index in [1.165, 1.54) is 24.9 Å². The molecule has 0 aliphatic rings. The molecule has 0 aliphatic carbocycles. The Morgan fingerprint density at radius 3 is 2.53 bits per heavy atom. The van der Waals surface area contributed by atoms with E-state index in [9.17, 15) is 9.59 Å². The molecule has 1 aromatic rings.